The van der Waals surface area contributed by atoms with Crippen LogP contribution in [0.25, 0.3) is 0 Å². The number of anilines is 1. The fraction of sp³-hybridized carbons (Fsp3) is 0.231. The molecule has 2 rings (SSSR count). The molecule has 1 aliphatic carbocycles. The van der Waals surface area contributed by atoms with Crippen molar-refractivity contribution in [3.05, 3.63) is 41.4 Å². The quantitative estimate of drug-likeness (QED) is 0.668. The minimum Gasteiger partial charge on any atom is -0.381 e. The van der Waals surface area contributed by atoms with Gasteiger partial charge in [0.1, 0.15) is 0 Å². The smallest absolute Gasteiger partial charge is 0.158 e. The molecule has 2 N–H and O–H groups in total. The minimum absolute atomic E-state index is 0.387. The van der Waals surface area contributed by atoms with Crippen LogP contribution in [0, 0.1) is 18.8 Å². The van der Waals surface area contributed by atoms with Crippen LogP contribution in [0.4, 0.5) is 5.82 Å². The zero-order chi connectivity index (χ0) is 11.4. The average Bonchev–Trinajstić information content (AvgIpc) is 2.32. The van der Waals surface area contributed by atoms with Gasteiger partial charge in [0.05, 0.1) is 11.9 Å². The molecule has 0 saturated heterocycles. The second-order valence-corrected chi connectivity index (χ2v) is 3.63. The van der Waals surface area contributed by atoms with Crippen LogP contribution in [0.2, 0.25) is 0 Å². The third kappa shape index (κ3) is 2.48. The van der Waals surface area contributed by atoms with E-state index in [2.05, 4.69) is 34.0 Å². The zero-order valence-corrected chi connectivity index (χ0v) is 9.20. The summed E-state index contributed by atoms with van der Waals surface area (Å²) in [5.74, 6) is 6.39. The molecule has 0 radical (unpaired) electrons. The summed E-state index contributed by atoms with van der Waals surface area (Å²) in [6.07, 6.45) is 10.0. The molecule has 0 fully saturated rings. The van der Waals surface area contributed by atoms with Crippen LogP contribution in [0.15, 0.2) is 30.0 Å². The maximum Gasteiger partial charge on any atom is 0.158 e. The first-order chi connectivity index (χ1) is 7.75. The largest absolute Gasteiger partial charge is 0.381 e. The van der Waals surface area contributed by atoms with Crippen molar-refractivity contribution in [1.82, 2.24) is 9.97 Å². The topological polar surface area (TPSA) is 51.8 Å². The summed E-state index contributed by atoms with van der Waals surface area (Å²) < 4.78 is 0. The minimum atomic E-state index is 0.387. The lowest BCUT2D eigenvalue weighted by molar-refractivity contribution is 1.03. The molecular weight excluding hydrogens is 198 g/mol. The second kappa shape index (κ2) is 4.63. The SMILES string of the molecule is Cc1cnc(N)c(C#CC2=CCCC=C2)n1. The van der Waals surface area contributed by atoms with Crippen LogP contribution in [0.1, 0.15) is 24.2 Å². The maximum absolute atomic E-state index is 5.69. The molecule has 1 heterocycles. The Kier molecular flexibility index (Phi) is 3.02. The number of nitrogens with zero attached hydrogens (tertiary/aromatic N) is 2. The van der Waals surface area contributed by atoms with Gasteiger partial charge in [-0.15, -0.1) is 0 Å². The van der Waals surface area contributed by atoms with Gasteiger partial charge in [0.25, 0.3) is 0 Å². The predicted molar refractivity (Wildman–Crippen MR) is 64.5 cm³/mol. The van der Waals surface area contributed by atoms with Crippen molar-refractivity contribution >= 4 is 5.82 Å². The van der Waals surface area contributed by atoms with Crippen molar-refractivity contribution in [3.8, 4) is 11.8 Å². The molecule has 80 valence electrons. The van der Waals surface area contributed by atoms with Crippen LogP contribution >= 0.6 is 0 Å². The van der Waals surface area contributed by atoms with Gasteiger partial charge in [-0.05, 0) is 25.7 Å². The normalized spacial score (nSPS) is 13.9. The first-order valence-electron chi connectivity index (χ1n) is 5.23. The number of nitrogens with two attached hydrogens (primary N) is 1. The molecule has 0 amide bonds. The number of rotatable bonds is 0. The Hall–Kier alpha value is -2.08. The molecular formula is C13H13N3. The lowest BCUT2D eigenvalue weighted by Gasteiger charge is -1.99. The highest BCUT2D eigenvalue weighted by Crippen LogP contribution is 2.09. The first-order valence-corrected chi connectivity index (χ1v) is 5.23. The van der Waals surface area contributed by atoms with Crippen molar-refractivity contribution in [1.29, 1.82) is 0 Å². The Bertz CT molecular complexity index is 516. The maximum atomic E-state index is 5.69. The standard InChI is InChI=1S/C13H13N3/c1-10-9-15-13(14)12(16-10)8-7-11-5-3-2-4-6-11/h3,5-6,9H,2,4H2,1H3,(H2,14,15). The number of aryl methyl sites for hydroxylation is 1. The summed E-state index contributed by atoms with van der Waals surface area (Å²) in [6.45, 7) is 1.87. The first kappa shape index (κ1) is 10.4. The van der Waals surface area contributed by atoms with E-state index in [1.165, 1.54) is 0 Å². The van der Waals surface area contributed by atoms with Crippen molar-refractivity contribution in [2.75, 3.05) is 5.73 Å². The van der Waals surface area contributed by atoms with Gasteiger partial charge in [0.15, 0.2) is 11.5 Å². The highest BCUT2D eigenvalue weighted by molar-refractivity contribution is 5.51. The molecule has 1 aromatic rings. The predicted octanol–water partition coefficient (Wildman–Crippen LogP) is 2.00. The van der Waals surface area contributed by atoms with Crippen molar-refractivity contribution in [2.45, 2.75) is 19.8 Å². The van der Waals surface area contributed by atoms with Crippen LogP contribution < -0.4 is 5.73 Å². The van der Waals surface area contributed by atoms with Crippen LogP contribution in [0.3, 0.4) is 0 Å². The van der Waals surface area contributed by atoms with Gasteiger partial charge >= 0.3 is 0 Å². The highest BCUT2D eigenvalue weighted by atomic mass is 14.9. The Balaban J connectivity index is 2.26. The van der Waals surface area contributed by atoms with E-state index in [-0.39, 0.29) is 0 Å². The van der Waals surface area contributed by atoms with Crippen LogP contribution in [0.5, 0.6) is 0 Å². The monoisotopic (exact) mass is 211 g/mol. The molecule has 0 bridgehead atoms. The van der Waals surface area contributed by atoms with E-state index < -0.39 is 0 Å². The molecule has 0 aromatic carbocycles. The molecule has 3 heteroatoms. The molecule has 0 saturated carbocycles. The van der Waals surface area contributed by atoms with Gasteiger partial charge in [-0.3, -0.25) is 0 Å². The second-order valence-electron chi connectivity index (χ2n) is 3.63. The van der Waals surface area contributed by atoms with E-state index >= 15 is 0 Å². The van der Waals surface area contributed by atoms with Gasteiger partial charge in [0, 0.05) is 5.57 Å². The summed E-state index contributed by atoms with van der Waals surface area (Å²) in [5, 5.41) is 0. The molecule has 0 spiro atoms. The zero-order valence-electron chi connectivity index (χ0n) is 9.20. The van der Waals surface area contributed by atoms with E-state index in [0.29, 0.717) is 11.5 Å². The van der Waals surface area contributed by atoms with E-state index in [0.717, 1.165) is 24.1 Å². The molecule has 16 heavy (non-hydrogen) atoms. The fourth-order valence-corrected chi connectivity index (χ4v) is 1.42. The van der Waals surface area contributed by atoms with Gasteiger partial charge in [-0.1, -0.05) is 24.1 Å². The van der Waals surface area contributed by atoms with E-state index in [9.17, 15) is 0 Å². The number of hydrogen-bond donors (Lipinski definition) is 1. The summed E-state index contributed by atoms with van der Waals surface area (Å²) in [5.41, 5.74) is 8.09. The van der Waals surface area contributed by atoms with Crippen molar-refractivity contribution in [2.24, 2.45) is 0 Å². The fourth-order valence-electron chi connectivity index (χ4n) is 1.42. The lowest BCUT2D eigenvalue weighted by atomic mass is 10.1. The van der Waals surface area contributed by atoms with Crippen molar-refractivity contribution in [3.63, 3.8) is 0 Å². The number of allylic oxidation sites excluding steroid dienone is 4. The summed E-state index contributed by atoms with van der Waals surface area (Å²) >= 11 is 0. The Morgan fingerprint density at radius 3 is 2.94 bits per heavy atom. The van der Waals surface area contributed by atoms with E-state index in [1.807, 2.05) is 13.0 Å². The number of aromatic nitrogens is 2. The summed E-state index contributed by atoms with van der Waals surface area (Å²) in [7, 11) is 0. The van der Waals surface area contributed by atoms with Crippen LogP contribution in [-0.4, -0.2) is 9.97 Å². The molecule has 1 aliphatic rings. The molecule has 0 aliphatic heterocycles. The Morgan fingerprint density at radius 1 is 1.31 bits per heavy atom. The summed E-state index contributed by atoms with van der Waals surface area (Å²) in [6, 6.07) is 0. The van der Waals surface area contributed by atoms with Crippen molar-refractivity contribution < 1.29 is 0 Å². The van der Waals surface area contributed by atoms with E-state index in [4.69, 9.17) is 5.73 Å². The number of nitrogen functional groups attached to an aromatic ring is 1. The van der Waals surface area contributed by atoms with E-state index in [1.54, 1.807) is 6.20 Å². The average molecular weight is 211 g/mol. The highest BCUT2D eigenvalue weighted by Gasteiger charge is 1.99. The lowest BCUT2D eigenvalue weighted by Crippen LogP contribution is -1.98. The Morgan fingerprint density at radius 2 is 2.19 bits per heavy atom. The third-order valence-corrected chi connectivity index (χ3v) is 2.24. The molecule has 1 aromatic heterocycles. The van der Waals surface area contributed by atoms with Gasteiger partial charge < -0.3 is 5.73 Å². The molecule has 3 nitrogen and oxygen atoms in total. The molecule has 0 unspecified atom stereocenters. The van der Waals surface area contributed by atoms with Gasteiger partial charge in [0.2, 0.25) is 0 Å². The molecule has 0 atom stereocenters. The Labute approximate surface area is 95.1 Å². The third-order valence-electron chi connectivity index (χ3n) is 2.24. The van der Waals surface area contributed by atoms with Crippen LogP contribution in [-0.2, 0) is 0 Å². The van der Waals surface area contributed by atoms with Gasteiger partial charge in [-0.2, -0.15) is 0 Å². The van der Waals surface area contributed by atoms with Gasteiger partial charge in [-0.25, -0.2) is 9.97 Å². The summed E-state index contributed by atoms with van der Waals surface area (Å²) in [4.78, 5) is 8.26. The number of hydrogen-bond acceptors (Lipinski definition) is 3.